The molecule has 2 heterocycles. The number of aliphatic hydroxyl groups is 1. The Balaban J connectivity index is 1.90. The standard InChI is InChI=1S/C12H10N2OS2/c15-10(12-6-13-14-17-12)5-8-7-16-11-4-2-1-3-9(8)11/h1-4,6-7,10,15H,5H2. The third-order valence-electron chi connectivity index (χ3n) is 2.68. The molecule has 0 aliphatic carbocycles. The zero-order chi connectivity index (χ0) is 11.7. The normalized spacial score (nSPS) is 13.0. The Labute approximate surface area is 107 Å². The van der Waals surface area contributed by atoms with Crippen LogP contribution >= 0.6 is 22.9 Å². The predicted octanol–water partition coefficient (Wildman–Crippen LogP) is 3.03. The Morgan fingerprint density at radius 3 is 3.00 bits per heavy atom. The van der Waals surface area contributed by atoms with Crippen LogP contribution < -0.4 is 0 Å². The van der Waals surface area contributed by atoms with Gasteiger partial charge in [-0.1, -0.05) is 22.7 Å². The van der Waals surface area contributed by atoms with Crippen molar-refractivity contribution in [3.05, 3.63) is 46.3 Å². The fraction of sp³-hybridized carbons (Fsp3) is 0.167. The van der Waals surface area contributed by atoms with Crippen LogP contribution in [0.15, 0.2) is 35.8 Å². The van der Waals surface area contributed by atoms with Crippen LogP contribution in [0.4, 0.5) is 0 Å². The third kappa shape index (κ3) is 2.09. The molecule has 0 fully saturated rings. The number of aromatic nitrogens is 2. The van der Waals surface area contributed by atoms with E-state index in [1.165, 1.54) is 27.2 Å². The number of rotatable bonds is 3. The lowest BCUT2D eigenvalue weighted by atomic mass is 10.1. The number of thiophene rings is 1. The Kier molecular flexibility index (Phi) is 2.88. The summed E-state index contributed by atoms with van der Waals surface area (Å²) in [5.41, 5.74) is 1.19. The molecule has 5 heteroatoms. The molecule has 1 aromatic carbocycles. The van der Waals surface area contributed by atoms with Crippen LogP contribution in [0.25, 0.3) is 10.1 Å². The molecular weight excluding hydrogens is 252 g/mol. The molecule has 0 saturated heterocycles. The van der Waals surface area contributed by atoms with Crippen molar-refractivity contribution in [2.24, 2.45) is 0 Å². The summed E-state index contributed by atoms with van der Waals surface area (Å²) in [5.74, 6) is 0. The van der Waals surface area contributed by atoms with Crippen LogP contribution in [0.3, 0.4) is 0 Å². The molecule has 0 saturated carbocycles. The molecule has 0 radical (unpaired) electrons. The molecule has 0 amide bonds. The number of aliphatic hydroxyl groups excluding tert-OH is 1. The Morgan fingerprint density at radius 1 is 1.29 bits per heavy atom. The molecular formula is C12H10N2OS2. The van der Waals surface area contributed by atoms with Crippen molar-refractivity contribution in [2.45, 2.75) is 12.5 Å². The molecule has 0 bridgehead atoms. The zero-order valence-corrected chi connectivity index (χ0v) is 10.5. The highest BCUT2D eigenvalue weighted by Crippen LogP contribution is 2.29. The molecule has 1 N–H and O–H groups in total. The van der Waals surface area contributed by atoms with Crippen molar-refractivity contribution >= 4 is 33.0 Å². The van der Waals surface area contributed by atoms with E-state index in [4.69, 9.17) is 0 Å². The topological polar surface area (TPSA) is 46.0 Å². The van der Waals surface area contributed by atoms with Gasteiger partial charge < -0.3 is 5.11 Å². The minimum Gasteiger partial charge on any atom is -0.387 e. The minimum absolute atomic E-state index is 0.506. The molecule has 0 aliphatic heterocycles. The van der Waals surface area contributed by atoms with Crippen molar-refractivity contribution in [1.82, 2.24) is 9.59 Å². The van der Waals surface area contributed by atoms with Crippen molar-refractivity contribution in [2.75, 3.05) is 0 Å². The molecule has 1 unspecified atom stereocenters. The number of fused-ring (bicyclic) bond motifs is 1. The summed E-state index contributed by atoms with van der Waals surface area (Å²) in [6.07, 6.45) is 1.74. The molecule has 0 aliphatic rings. The lowest BCUT2D eigenvalue weighted by molar-refractivity contribution is 0.182. The summed E-state index contributed by atoms with van der Waals surface area (Å²) in [6.45, 7) is 0. The highest BCUT2D eigenvalue weighted by molar-refractivity contribution is 7.17. The molecule has 86 valence electrons. The van der Waals surface area contributed by atoms with Crippen molar-refractivity contribution in [3.8, 4) is 0 Å². The largest absolute Gasteiger partial charge is 0.387 e. The summed E-state index contributed by atoms with van der Waals surface area (Å²) in [7, 11) is 0. The Morgan fingerprint density at radius 2 is 2.18 bits per heavy atom. The molecule has 0 spiro atoms. The summed E-state index contributed by atoms with van der Waals surface area (Å²) < 4.78 is 5.03. The van der Waals surface area contributed by atoms with E-state index in [2.05, 4.69) is 27.1 Å². The summed E-state index contributed by atoms with van der Waals surface area (Å²) in [4.78, 5) is 0.820. The van der Waals surface area contributed by atoms with E-state index in [0.717, 1.165) is 4.88 Å². The smallest absolute Gasteiger partial charge is 0.0954 e. The van der Waals surface area contributed by atoms with Gasteiger partial charge in [-0.05, 0) is 33.9 Å². The molecule has 3 aromatic rings. The van der Waals surface area contributed by atoms with Gasteiger partial charge in [-0.25, -0.2) is 0 Å². The molecule has 3 rings (SSSR count). The van der Waals surface area contributed by atoms with Crippen LogP contribution in [0.1, 0.15) is 16.5 Å². The zero-order valence-electron chi connectivity index (χ0n) is 8.91. The van der Waals surface area contributed by atoms with E-state index < -0.39 is 6.10 Å². The molecule has 3 nitrogen and oxygen atoms in total. The third-order valence-corrected chi connectivity index (χ3v) is 4.46. The number of benzene rings is 1. The van der Waals surface area contributed by atoms with E-state index in [0.29, 0.717) is 6.42 Å². The van der Waals surface area contributed by atoms with E-state index in [1.807, 2.05) is 12.1 Å². The minimum atomic E-state index is -0.506. The first kappa shape index (κ1) is 10.8. The van der Waals surface area contributed by atoms with E-state index in [9.17, 15) is 5.11 Å². The van der Waals surface area contributed by atoms with Gasteiger partial charge in [0.2, 0.25) is 0 Å². The fourth-order valence-corrected chi connectivity index (χ4v) is 3.28. The van der Waals surface area contributed by atoms with Gasteiger partial charge in [-0.3, -0.25) is 0 Å². The Hall–Kier alpha value is -1.30. The van der Waals surface area contributed by atoms with E-state index in [-0.39, 0.29) is 0 Å². The van der Waals surface area contributed by atoms with Crippen molar-refractivity contribution in [3.63, 3.8) is 0 Å². The van der Waals surface area contributed by atoms with Gasteiger partial charge in [-0.2, -0.15) is 0 Å². The lowest BCUT2D eigenvalue weighted by Crippen LogP contribution is -1.98. The van der Waals surface area contributed by atoms with Gasteiger partial charge in [0.25, 0.3) is 0 Å². The number of hydrogen-bond acceptors (Lipinski definition) is 5. The molecule has 1 atom stereocenters. The van der Waals surface area contributed by atoms with Gasteiger partial charge in [0, 0.05) is 11.1 Å². The fourth-order valence-electron chi connectivity index (χ4n) is 1.82. The second-order valence-corrected chi connectivity index (χ2v) is 5.53. The average molecular weight is 262 g/mol. The van der Waals surface area contributed by atoms with Crippen LogP contribution in [-0.4, -0.2) is 14.7 Å². The average Bonchev–Trinajstić information content (AvgIpc) is 2.98. The van der Waals surface area contributed by atoms with Gasteiger partial charge in [0.05, 0.1) is 17.2 Å². The van der Waals surface area contributed by atoms with E-state index >= 15 is 0 Å². The first-order valence-electron chi connectivity index (χ1n) is 5.25. The van der Waals surface area contributed by atoms with Gasteiger partial charge in [-0.15, -0.1) is 16.4 Å². The summed E-state index contributed by atoms with van der Waals surface area (Å²) in [6, 6.07) is 8.26. The van der Waals surface area contributed by atoms with Crippen molar-refractivity contribution in [1.29, 1.82) is 0 Å². The summed E-state index contributed by atoms with van der Waals surface area (Å²) >= 11 is 2.96. The van der Waals surface area contributed by atoms with Crippen LogP contribution in [0, 0.1) is 0 Å². The summed E-state index contributed by atoms with van der Waals surface area (Å²) in [5, 5.41) is 17.2. The number of nitrogens with zero attached hydrogens (tertiary/aromatic N) is 2. The first-order valence-corrected chi connectivity index (χ1v) is 6.90. The van der Waals surface area contributed by atoms with E-state index in [1.54, 1.807) is 17.5 Å². The second-order valence-electron chi connectivity index (χ2n) is 3.80. The second kappa shape index (κ2) is 4.52. The van der Waals surface area contributed by atoms with Crippen LogP contribution in [0.5, 0.6) is 0 Å². The first-order chi connectivity index (χ1) is 8.34. The molecule has 2 aromatic heterocycles. The number of hydrogen-bond donors (Lipinski definition) is 1. The van der Waals surface area contributed by atoms with Gasteiger partial charge in [0.1, 0.15) is 0 Å². The monoisotopic (exact) mass is 262 g/mol. The van der Waals surface area contributed by atoms with Crippen LogP contribution in [-0.2, 0) is 6.42 Å². The molecule has 17 heavy (non-hydrogen) atoms. The highest BCUT2D eigenvalue weighted by atomic mass is 32.1. The van der Waals surface area contributed by atoms with Gasteiger partial charge in [0.15, 0.2) is 0 Å². The maximum atomic E-state index is 10.1. The SMILES string of the molecule is OC(Cc1csc2ccccc12)c1cnns1. The lowest BCUT2D eigenvalue weighted by Gasteiger charge is -2.06. The highest BCUT2D eigenvalue weighted by Gasteiger charge is 2.13. The van der Waals surface area contributed by atoms with Gasteiger partial charge >= 0.3 is 0 Å². The van der Waals surface area contributed by atoms with Crippen molar-refractivity contribution < 1.29 is 5.11 Å². The van der Waals surface area contributed by atoms with Crippen LogP contribution in [0.2, 0.25) is 0 Å². The quantitative estimate of drug-likeness (QED) is 0.789. The maximum Gasteiger partial charge on any atom is 0.0954 e. The Bertz CT molecular complexity index is 618. The predicted molar refractivity (Wildman–Crippen MR) is 70.4 cm³/mol. The maximum absolute atomic E-state index is 10.1.